The van der Waals surface area contributed by atoms with E-state index in [1.807, 2.05) is 38.1 Å². The van der Waals surface area contributed by atoms with Crippen molar-refractivity contribution in [3.63, 3.8) is 0 Å². The molecule has 2 bridgehead atoms. The highest BCUT2D eigenvalue weighted by atomic mass is 16.2. The topological polar surface area (TPSA) is 58.2 Å². The third-order valence-electron chi connectivity index (χ3n) is 6.00. The van der Waals surface area contributed by atoms with Crippen molar-refractivity contribution >= 4 is 11.8 Å². The van der Waals surface area contributed by atoms with E-state index < -0.39 is 0 Å². The van der Waals surface area contributed by atoms with Gasteiger partial charge in [-0.2, -0.15) is 0 Å². The molecule has 0 aromatic heterocycles. The second-order valence-electron chi connectivity index (χ2n) is 7.90. The first-order valence-corrected chi connectivity index (χ1v) is 9.71. The summed E-state index contributed by atoms with van der Waals surface area (Å²) in [5, 5.41) is 6.01. The lowest BCUT2D eigenvalue weighted by molar-refractivity contribution is -0.122. The van der Waals surface area contributed by atoms with E-state index in [1.165, 1.54) is 25.7 Å². The molecule has 0 unspecified atom stereocenters. The minimum Gasteiger partial charge on any atom is -0.352 e. The van der Waals surface area contributed by atoms with Gasteiger partial charge in [0.05, 0.1) is 0 Å². The average molecular weight is 342 g/mol. The molecule has 0 radical (unpaired) electrons. The van der Waals surface area contributed by atoms with Crippen LogP contribution >= 0.6 is 0 Å². The molecule has 0 aliphatic heterocycles. The molecule has 2 fully saturated rings. The van der Waals surface area contributed by atoms with Crippen LogP contribution in [0.2, 0.25) is 0 Å². The Balaban J connectivity index is 1.48. The van der Waals surface area contributed by atoms with Crippen molar-refractivity contribution in [2.75, 3.05) is 0 Å². The number of nitrogens with one attached hydrogen (secondary N) is 2. The van der Waals surface area contributed by atoms with Gasteiger partial charge in [-0.1, -0.05) is 25.5 Å². The Bertz CT molecular complexity index is 628. The van der Waals surface area contributed by atoms with Crippen molar-refractivity contribution in [2.24, 2.45) is 17.8 Å². The molecule has 0 heterocycles. The zero-order valence-electron chi connectivity index (χ0n) is 15.4. The summed E-state index contributed by atoms with van der Waals surface area (Å²) >= 11 is 0. The molecule has 136 valence electrons. The van der Waals surface area contributed by atoms with Gasteiger partial charge in [-0.3, -0.25) is 9.59 Å². The molecule has 25 heavy (non-hydrogen) atoms. The highest BCUT2D eigenvalue weighted by Crippen LogP contribution is 2.49. The Morgan fingerprint density at radius 1 is 1.24 bits per heavy atom. The van der Waals surface area contributed by atoms with Gasteiger partial charge in [-0.15, -0.1) is 0 Å². The molecule has 2 N–H and O–H groups in total. The monoisotopic (exact) mass is 342 g/mol. The molecule has 1 aromatic carbocycles. The van der Waals surface area contributed by atoms with Crippen molar-refractivity contribution < 1.29 is 9.59 Å². The van der Waals surface area contributed by atoms with Gasteiger partial charge in [0.15, 0.2) is 0 Å². The molecule has 4 nitrogen and oxygen atoms in total. The van der Waals surface area contributed by atoms with E-state index in [4.69, 9.17) is 0 Å². The molecule has 1 aromatic rings. The highest BCUT2D eigenvalue weighted by molar-refractivity contribution is 5.94. The summed E-state index contributed by atoms with van der Waals surface area (Å²) in [6.07, 6.45) is 6.83. The largest absolute Gasteiger partial charge is 0.352 e. The summed E-state index contributed by atoms with van der Waals surface area (Å²) in [6, 6.07) is 7.69. The predicted molar refractivity (Wildman–Crippen MR) is 99.1 cm³/mol. The second-order valence-corrected chi connectivity index (χ2v) is 7.90. The molecule has 4 atom stereocenters. The van der Waals surface area contributed by atoms with Crippen LogP contribution in [-0.4, -0.2) is 17.9 Å². The van der Waals surface area contributed by atoms with Gasteiger partial charge < -0.3 is 10.6 Å². The van der Waals surface area contributed by atoms with E-state index in [-0.39, 0.29) is 17.9 Å². The van der Waals surface area contributed by atoms with Crippen LogP contribution in [0.3, 0.4) is 0 Å². The fourth-order valence-corrected chi connectivity index (χ4v) is 4.37. The van der Waals surface area contributed by atoms with Crippen LogP contribution in [0.5, 0.6) is 0 Å². The van der Waals surface area contributed by atoms with E-state index in [1.54, 1.807) is 0 Å². The number of benzene rings is 1. The third-order valence-corrected chi connectivity index (χ3v) is 6.00. The van der Waals surface area contributed by atoms with Crippen molar-refractivity contribution in [1.29, 1.82) is 0 Å². The number of hydrogen-bond donors (Lipinski definition) is 2. The van der Waals surface area contributed by atoms with Crippen LogP contribution in [0.25, 0.3) is 0 Å². The summed E-state index contributed by atoms with van der Waals surface area (Å²) in [7, 11) is 0. The summed E-state index contributed by atoms with van der Waals surface area (Å²) in [6.45, 7) is 4.54. The molecule has 2 aliphatic rings. The summed E-state index contributed by atoms with van der Waals surface area (Å²) in [5.41, 5.74) is 1.62. The van der Waals surface area contributed by atoms with E-state index in [0.29, 0.717) is 24.4 Å². The van der Waals surface area contributed by atoms with Crippen LogP contribution in [0.15, 0.2) is 24.3 Å². The number of carbonyl (C=O) groups is 2. The van der Waals surface area contributed by atoms with Gasteiger partial charge in [-0.05, 0) is 68.1 Å². The van der Waals surface area contributed by atoms with Crippen LogP contribution in [0.4, 0.5) is 0 Å². The number of fused-ring (bicyclic) bond motifs is 2. The van der Waals surface area contributed by atoms with E-state index >= 15 is 0 Å². The molecule has 3 rings (SSSR count). The Kier molecular flexibility index (Phi) is 5.77. The third kappa shape index (κ3) is 4.62. The molecular weight excluding hydrogens is 312 g/mol. The molecule has 2 aliphatic carbocycles. The van der Waals surface area contributed by atoms with Crippen molar-refractivity contribution in [3.05, 3.63) is 35.4 Å². The van der Waals surface area contributed by atoms with Gasteiger partial charge in [0.2, 0.25) is 5.91 Å². The fourth-order valence-electron chi connectivity index (χ4n) is 4.37. The lowest BCUT2D eigenvalue weighted by Crippen LogP contribution is -2.32. The Morgan fingerprint density at radius 3 is 2.76 bits per heavy atom. The van der Waals surface area contributed by atoms with Gasteiger partial charge >= 0.3 is 0 Å². The first-order chi connectivity index (χ1) is 12.0. The van der Waals surface area contributed by atoms with E-state index in [9.17, 15) is 9.59 Å². The molecule has 4 heteroatoms. The van der Waals surface area contributed by atoms with E-state index in [2.05, 4.69) is 10.6 Å². The Hall–Kier alpha value is -1.84. The standard InChI is InChI=1S/C21H30N2O2/c1-3-14(2)23-21(25)18-6-4-5-16(11-18)13-22-20(24)12-19-10-15-7-8-17(19)9-15/h4-6,11,14-15,17,19H,3,7-10,12-13H2,1-2H3,(H,22,24)(H,23,25)/t14-,15+,17+,19-/m0/s1. The minimum atomic E-state index is -0.0514. The van der Waals surface area contributed by atoms with Crippen LogP contribution in [0.1, 0.15) is 68.3 Å². The van der Waals surface area contributed by atoms with Crippen molar-refractivity contribution in [3.8, 4) is 0 Å². The fraction of sp³-hybridized carbons (Fsp3) is 0.619. The molecular formula is C21H30N2O2. The zero-order valence-corrected chi connectivity index (χ0v) is 15.4. The minimum absolute atomic E-state index is 0.0514. The van der Waals surface area contributed by atoms with E-state index in [0.717, 1.165) is 23.8 Å². The van der Waals surface area contributed by atoms with Crippen molar-refractivity contribution in [2.45, 2.75) is 65.0 Å². The quantitative estimate of drug-likeness (QED) is 0.794. The SMILES string of the molecule is CC[C@H](C)NC(=O)c1cccc(CNC(=O)C[C@@H]2C[C@@H]3CC[C@@H]2C3)c1. The zero-order chi connectivity index (χ0) is 17.8. The molecule has 0 spiro atoms. The molecule has 2 saturated carbocycles. The molecule has 2 amide bonds. The lowest BCUT2D eigenvalue weighted by Gasteiger charge is -2.20. The number of amides is 2. The maximum Gasteiger partial charge on any atom is 0.251 e. The summed E-state index contributed by atoms with van der Waals surface area (Å²) in [4.78, 5) is 24.5. The predicted octanol–water partition coefficient (Wildman–Crippen LogP) is 3.66. The summed E-state index contributed by atoms with van der Waals surface area (Å²) < 4.78 is 0. The molecule has 0 saturated heterocycles. The Morgan fingerprint density at radius 2 is 2.08 bits per heavy atom. The van der Waals surface area contributed by atoms with Gasteiger partial charge in [0.1, 0.15) is 0 Å². The first-order valence-electron chi connectivity index (χ1n) is 9.71. The van der Waals surface area contributed by atoms with Crippen molar-refractivity contribution in [1.82, 2.24) is 10.6 Å². The Labute approximate surface area is 150 Å². The number of rotatable bonds is 7. The van der Waals surface area contributed by atoms with Crippen LogP contribution < -0.4 is 10.6 Å². The number of hydrogen-bond acceptors (Lipinski definition) is 2. The van der Waals surface area contributed by atoms with Gasteiger partial charge in [-0.25, -0.2) is 0 Å². The highest BCUT2D eigenvalue weighted by Gasteiger charge is 2.39. The second kappa shape index (κ2) is 8.03. The maximum atomic E-state index is 12.3. The summed E-state index contributed by atoms with van der Waals surface area (Å²) in [5.74, 6) is 2.34. The normalized spacial score (nSPS) is 25.6. The average Bonchev–Trinajstić information content (AvgIpc) is 3.23. The first kappa shape index (κ1) is 18.0. The van der Waals surface area contributed by atoms with Crippen LogP contribution in [0, 0.1) is 17.8 Å². The smallest absolute Gasteiger partial charge is 0.251 e. The lowest BCUT2D eigenvalue weighted by atomic mass is 9.86. The maximum absolute atomic E-state index is 12.3. The van der Waals surface area contributed by atoms with Gasteiger partial charge in [0, 0.05) is 24.6 Å². The van der Waals surface area contributed by atoms with Gasteiger partial charge in [0.25, 0.3) is 5.91 Å². The number of carbonyl (C=O) groups excluding carboxylic acids is 2. The van der Waals surface area contributed by atoms with Crippen LogP contribution in [-0.2, 0) is 11.3 Å².